The molecule has 0 unspecified atom stereocenters. The van der Waals surface area contributed by atoms with Gasteiger partial charge in [-0.2, -0.15) is 4.31 Å². The lowest BCUT2D eigenvalue weighted by Crippen LogP contribution is -2.38. The Morgan fingerprint density at radius 2 is 1.90 bits per heavy atom. The van der Waals surface area contributed by atoms with Crippen LogP contribution in [-0.2, 0) is 20.6 Å². The summed E-state index contributed by atoms with van der Waals surface area (Å²) in [6.45, 7) is -0.556. The number of carbonyl (C=O) groups is 1. The third-order valence-corrected chi connectivity index (χ3v) is 4.94. The number of nitro benzene ring substituents is 1. The Balaban J connectivity index is 2.15. The minimum atomic E-state index is -3.76. The van der Waals surface area contributed by atoms with Crippen molar-refractivity contribution in [2.24, 2.45) is 0 Å². The van der Waals surface area contributed by atoms with Gasteiger partial charge in [-0.05, 0) is 18.4 Å². The molecule has 0 bridgehead atoms. The van der Waals surface area contributed by atoms with Gasteiger partial charge in [0.1, 0.15) is 6.54 Å². The number of rotatable bonds is 7. The molecule has 0 heterocycles. The van der Waals surface area contributed by atoms with Gasteiger partial charge in [-0.1, -0.05) is 12.1 Å². The first-order valence-corrected chi connectivity index (χ1v) is 7.85. The van der Waals surface area contributed by atoms with Crippen molar-refractivity contribution >= 4 is 21.7 Å². The summed E-state index contributed by atoms with van der Waals surface area (Å²) in [5.74, 6) is -1.57. The van der Waals surface area contributed by atoms with E-state index in [0.29, 0.717) is 18.4 Å². The molecule has 0 radical (unpaired) electrons. The first-order valence-electron chi connectivity index (χ1n) is 6.24. The average molecular weight is 314 g/mol. The number of sulfonamides is 1. The van der Waals surface area contributed by atoms with Crippen molar-refractivity contribution in [2.75, 3.05) is 6.54 Å². The quantitative estimate of drug-likeness (QED) is 0.592. The van der Waals surface area contributed by atoms with E-state index in [2.05, 4.69) is 0 Å². The van der Waals surface area contributed by atoms with Gasteiger partial charge in [0, 0.05) is 18.2 Å². The summed E-state index contributed by atoms with van der Waals surface area (Å²) in [5.41, 5.74) is 0.261. The molecule has 1 aliphatic rings. The summed E-state index contributed by atoms with van der Waals surface area (Å²) in [7, 11) is -3.76. The Morgan fingerprint density at radius 1 is 1.33 bits per heavy atom. The number of nitrogens with zero attached hydrogens (tertiary/aromatic N) is 2. The van der Waals surface area contributed by atoms with Crippen molar-refractivity contribution in [3.05, 3.63) is 39.9 Å². The molecule has 1 fully saturated rings. The van der Waals surface area contributed by atoms with E-state index in [0.717, 1.165) is 4.31 Å². The molecule has 0 atom stereocenters. The van der Waals surface area contributed by atoms with Crippen LogP contribution in [0, 0.1) is 10.1 Å². The molecule has 114 valence electrons. The number of hydrogen-bond donors (Lipinski definition) is 1. The normalized spacial score (nSPS) is 15.1. The summed E-state index contributed by atoms with van der Waals surface area (Å²) >= 11 is 0. The lowest BCUT2D eigenvalue weighted by atomic mass is 10.2. The van der Waals surface area contributed by atoms with Crippen LogP contribution < -0.4 is 0 Å². The molecule has 2 rings (SSSR count). The van der Waals surface area contributed by atoms with Gasteiger partial charge in [0.2, 0.25) is 10.0 Å². The van der Waals surface area contributed by atoms with Gasteiger partial charge in [-0.3, -0.25) is 14.9 Å². The van der Waals surface area contributed by atoms with Crippen LogP contribution in [0.15, 0.2) is 24.3 Å². The van der Waals surface area contributed by atoms with Gasteiger partial charge in [0.25, 0.3) is 5.69 Å². The van der Waals surface area contributed by atoms with Crippen molar-refractivity contribution in [1.29, 1.82) is 0 Å². The highest BCUT2D eigenvalue weighted by Crippen LogP contribution is 2.30. The monoisotopic (exact) mass is 314 g/mol. The fourth-order valence-corrected chi connectivity index (χ4v) is 3.71. The SMILES string of the molecule is O=C(O)CN(C1CC1)S(=O)(=O)Cc1ccc([N+](=O)[O-])cc1. The molecule has 0 spiro atoms. The van der Waals surface area contributed by atoms with Gasteiger partial charge in [0.05, 0.1) is 10.7 Å². The molecule has 9 heteroatoms. The molecule has 1 N–H and O–H groups in total. The van der Waals surface area contributed by atoms with Crippen LogP contribution in [0.1, 0.15) is 18.4 Å². The highest BCUT2D eigenvalue weighted by molar-refractivity contribution is 7.88. The maximum atomic E-state index is 12.3. The number of carboxylic acids is 1. The first-order chi connectivity index (χ1) is 9.79. The van der Waals surface area contributed by atoms with E-state index in [1.165, 1.54) is 24.3 Å². The minimum Gasteiger partial charge on any atom is -0.480 e. The van der Waals surface area contributed by atoms with Gasteiger partial charge < -0.3 is 5.11 Å². The van der Waals surface area contributed by atoms with Crippen molar-refractivity contribution in [3.8, 4) is 0 Å². The van der Waals surface area contributed by atoms with Crippen LogP contribution in [0.2, 0.25) is 0 Å². The van der Waals surface area contributed by atoms with E-state index < -0.39 is 27.5 Å². The fourth-order valence-electron chi connectivity index (χ4n) is 1.96. The number of non-ortho nitro benzene ring substituents is 1. The summed E-state index contributed by atoms with van der Waals surface area (Å²) in [6, 6.07) is 4.93. The van der Waals surface area contributed by atoms with Crippen LogP contribution in [0.3, 0.4) is 0 Å². The predicted molar refractivity (Wildman–Crippen MR) is 73.1 cm³/mol. The van der Waals surface area contributed by atoms with E-state index in [9.17, 15) is 23.3 Å². The molecule has 1 saturated carbocycles. The Morgan fingerprint density at radius 3 is 2.33 bits per heavy atom. The van der Waals surface area contributed by atoms with Gasteiger partial charge >= 0.3 is 5.97 Å². The average Bonchev–Trinajstić information content (AvgIpc) is 3.20. The van der Waals surface area contributed by atoms with Crippen molar-refractivity contribution < 1.29 is 23.2 Å². The maximum absolute atomic E-state index is 12.3. The van der Waals surface area contributed by atoms with Crippen LogP contribution in [0.25, 0.3) is 0 Å². The van der Waals surface area contributed by atoms with Gasteiger partial charge in [-0.15, -0.1) is 0 Å². The molecule has 0 saturated heterocycles. The molecule has 1 aliphatic carbocycles. The largest absolute Gasteiger partial charge is 0.480 e. The highest BCUT2D eigenvalue weighted by atomic mass is 32.2. The smallest absolute Gasteiger partial charge is 0.318 e. The van der Waals surface area contributed by atoms with E-state index in [1.54, 1.807) is 0 Å². The molecular weight excluding hydrogens is 300 g/mol. The van der Waals surface area contributed by atoms with Crippen LogP contribution in [0.5, 0.6) is 0 Å². The standard InChI is InChI=1S/C12H14N2O6S/c15-12(16)7-13(10-5-6-10)21(19,20)8-9-1-3-11(4-2-9)14(17)18/h1-4,10H,5-8H2,(H,15,16). The third kappa shape index (κ3) is 3.99. The second-order valence-electron chi connectivity index (χ2n) is 4.85. The Bertz CT molecular complexity index is 651. The number of hydrogen-bond acceptors (Lipinski definition) is 5. The van der Waals surface area contributed by atoms with Crippen molar-refractivity contribution in [2.45, 2.75) is 24.6 Å². The van der Waals surface area contributed by atoms with E-state index >= 15 is 0 Å². The zero-order valence-electron chi connectivity index (χ0n) is 11.0. The van der Waals surface area contributed by atoms with Crippen molar-refractivity contribution in [1.82, 2.24) is 4.31 Å². The summed E-state index contributed by atoms with van der Waals surface area (Å²) < 4.78 is 25.5. The molecule has 0 aromatic heterocycles. The highest BCUT2D eigenvalue weighted by Gasteiger charge is 2.38. The topological polar surface area (TPSA) is 118 Å². The molecule has 1 aromatic carbocycles. The number of nitro groups is 1. The number of carboxylic acid groups (broad SMARTS) is 1. The van der Waals surface area contributed by atoms with Gasteiger partial charge in [-0.25, -0.2) is 8.42 Å². The zero-order valence-corrected chi connectivity index (χ0v) is 11.8. The number of benzene rings is 1. The first kappa shape index (κ1) is 15.4. The van der Waals surface area contributed by atoms with Crippen LogP contribution in [-0.4, -0.2) is 41.3 Å². The second-order valence-corrected chi connectivity index (χ2v) is 6.77. The van der Waals surface area contributed by atoms with Crippen LogP contribution >= 0.6 is 0 Å². The maximum Gasteiger partial charge on any atom is 0.318 e. The molecule has 8 nitrogen and oxygen atoms in total. The molecule has 1 aromatic rings. The lowest BCUT2D eigenvalue weighted by Gasteiger charge is -2.19. The summed E-state index contributed by atoms with van der Waals surface area (Å²) in [5, 5.41) is 19.3. The Labute approximate surface area is 121 Å². The van der Waals surface area contributed by atoms with Crippen LogP contribution in [0.4, 0.5) is 5.69 Å². The van der Waals surface area contributed by atoms with Gasteiger partial charge in [0.15, 0.2) is 0 Å². The molecular formula is C12H14N2O6S. The Kier molecular flexibility index (Phi) is 4.24. The predicted octanol–water partition coefficient (Wildman–Crippen LogP) is 0.974. The van der Waals surface area contributed by atoms with E-state index in [-0.39, 0.29) is 17.5 Å². The lowest BCUT2D eigenvalue weighted by molar-refractivity contribution is -0.384. The second kappa shape index (κ2) is 5.78. The summed E-state index contributed by atoms with van der Waals surface area (Å²) in [4.78, 5) is 20.7. The Hall–Kier alpha value is -2.00. The zero-order chi connectivity index (χ0) is 15.6. The molecule has 0 amide bonds. The summed E-state index contributed by atoms with van der Waals surface area (Å²) in [6.07, 6.45) is 1.32. The molecule has 21 heavy (non-hydrogen) atoms. The minimum absolute atomic E-state index is 0.124. The molecule has 0 aliphatic heterocycles. The van der Waals surface area contributed by atoms with E-state index in [1.807, 2.05) is 0 Å². The third-order valence-electron chi connectivity index (χ3n) is 3.10. The van der Waals surface area contributed by atoms with Crippen molar-refractivity contribution in [3.63, 3.8) is 0 Å². The van der Waals surface area contributed by atoms with E-state index in [4.69, 9.17) is 5.11 Å². The number of aliphatic carboxylic acids is 1. The fraction of sp³-hybridized carbons (Fsp3) is 0.417.